The summed E-state index contributed by atoms with van der Waals surface area (Å²) in [5.74, 6) is -1.20. The van der Waals surface area contributed by atoms with Crippen molar-refractivity contribution in [1.29, 1.82) is 0 Å². The molecule has 0 amide bonds. The third kappa shape index (κ3) is 3.90. The fourth-order valence-corrected chi connectivity index (χ4v) is 3.90. The Labute approximate surface area is 160 Å². The molecule has 2 heterocycles. The lowest BCUT2D eigenvalue weighted by atomic mass is 9.72. The van der Waals surface area contributed by atoms with Gasteiger partial charge < -0.3 is 10.1 Å². The van der Waals surface area contributed by atoms with Gasteiger partial charge in [-0.3, -0.25) is 0 Å². The Kier molecular flexibility index (Phi) is 5.23. The van der Waals surface area contributed by atoms with Crippen LogP contribution in [0, 0.1) is 18.7 Å². The summed E-state index contributed by atoms with van der Waals surface area (Å²) in [6, 6.07) is 7.28. The Morgan fingerprint density at radius 1 is 1.14 bits per heavy atom. The van der Waals surface area contributed by atoms with E-state index in [0.29, 0.717) is 10.9 Å². The molecule has 0 aliphatic heterocycles. The normalized spacial score (nSPS) is 14.6. The SMILES string of the molecule is Cc1ccc(F)cc1C(C)(C)CC(O)(Cc1cc2ccnc(F)c2[nH]1)C(F)F. The molecule has 0 radical (unpaired) electrons. The molecular formula is C21H22F4N2O. The van der Waals surface area contributed by atoms with E-state index in [1.54, 1.807) is 32.9 Å². The lowest BCUT2D eigenvalue weighted by molar-refractivity contribution is -0.110. The van der Waals surface area contributed by atoms with Gasteiger partial charge in [-0.1, -0.05) is 19.9 Å². The summed E-state index contributed by atoms with van der Waals surface area (Å²) in [4.78, 5) is 6.25. The van der Waals surface area contributed by atoms with Crippen molar-refractivity contribution in [1.82, 2.24) is 9.97 Å². The summed E-state index contributed by atoms with van der Waals surface area (Å²) in [6.45, 7) is 5.15. The summed E-state index contributed by atoms with van der Waals surface area (Å²) in [5, 5.41) is 11.3. The van der Waals surface area contributed by atoms with Gasteiger partial charge in [-0.15, -0.1) is 0 Å². The minimum Gasteiger partial charge on any atom is -0.383 e. The molecule has 0 fully saturated rings. The monoisotopic (exact) mass is 394 g/mol. The number of hydrogen-bond acceptors (Lipinski definition) is 2. The molecule has 28 heavy (non-hydrogen) atoms. The maximum absolute atomic E-state index is 13.9. The van der Waals surface area contributed by atoms with Crippen LogP contribution in [0.1, 0.15) is 37.1 Å². The van der Waals surface area contributed by atoms with Gasteiger partial charge >= 0.3 is 0 Å². The number of aliphatic hydroxyl groups is 1. The number of alkyl halides is 2. The molecule has 0 saturated carbocycles. The van der Waals surface area contributed by atoms with Gasteiger partial charge in [0, 0.05) is 23.7 Å². The zero-order valence-corrected chi connectivity index (χ0v) is 15.9. The van der Waals surface area contributed by atoms with Crippen LogP contribution in [-0.4, -0.2) is 27.1 Å². The maximum Gasteiger partial charge on any atom is 0.267 e. The molecule has 1 aromatic carbocycles. The van der Waals surface area contributed by atoms with E-state index >= 15 is 0 Å². The highest BCUT2D eigenvalue weighted by molar-refractivity contribution is 5.79. The van der Waals surface area contributed by atoms with Crippen molar-refractivity contribution in [3.8, 4) is 0 Å². The first-order chi connectivity index (χ1) is 13.0. The number of aryl methyl sites for hydroxylation is 1. The summed E-state index contributed by atoms with van der Waals surface area (Å²) < 4.78 is 55.3. The summed E-state index contributed by atoms with van der Waals surface area (Å²) in [6.07, 6.45) is -2.48. The number of halogens is 4. The minimum atomic E-state index is -3.05. The first-order valence-corrected chi connectivity index (χ1v) is 8.91. The minimum absolute atomic E-state index is 0.106. The fraction of sp³-hybridized carbons (Fsp3) is 0.381. The maximum atomic E-state index is 13.9. The third-order valence-electron chi connectivity index (χ3n) is 5.13. The fourth-order valence-electron chi connectivity index (χ4n) is 3.90. The zero-order chi connectivity index (χ0) is 20.7. The average molecular weight is 394 g/mol. The van der Waals surface area contributed by atoms with Crippen molar-refractivity contribution in [2.45, 2.75) is 51.1 Å². The van der Waals surface area contributed by atoms with Crippen LogP contribution in [0.25, 0.3) is 10.9 Å². The highest BCUT2D eigenvalue weighted by Crippen LogP contribution is 2.39. The van der Waals surface area contributed by atoms with Crippen molar-refractivity contribution < 1.29 is 22.7 Å². The first kappa shape index (κ1) is 20.3. The number of nitrogens with one attached hydrogen (secondary N) is 1. The molecule has 3 nitrogen and oxygen atoms in total. The Balaban J connectivity index is 1.94. The quantitative estimate of drug-likeness (QED) is 0.454. The van der Waals surface area contributed by atoms with Crippen LogP contribution in [0.5, 0.6) is 0 Å². The topological polar surface area (TPSA) is 48.9 Å². The molecular weight excluding hydrogens is 372 g/mol. The molecule has 3 aromatic rings. The van der Waals surface area contributed by atoms with E-state index in [9.17, 15) is 22.7 Å². The smallest absolute Gasteiger partial charge is 0.267 e. The second-order valence-electron chi connectivity index (χ2n) is 7.96. The van der Waals surface area contributed by atoms with E-state index in [1.807, 2.05) is 0 Å². The molecule has 1 unspecified atom stereocenters. The van der Waals surface area contributed by atoms with Crippen LogP contribution in [0.4, 0.5) is 17.6 Å². The van der Waals surface area contributed by atoms with Crippen LogP contribution in [0.2, 0.25) is 0 Å². The highest BCUT2D eigenvalue weighted by atomic mass is 19.3. The standard InChI is InChI=1S/C21H22F4N2O/c1-12-4-5-14(22)9-16(12)20(2,3)11-21(28,19(24)25)10-15-8-13-6-7-26-18(23)17(13)27-15/h4-9,19,27-28H,10-11H2,1-3H3. The van der Waals surface area contributed by atoms with Gasteiger partial charge in [0.15, 0.2) is 0 Å². The number of hydrogen-bond donors (Lipinski definition) is 2. The Hall–Kier alpha value is -2.41. The third-order valence-corrected chi connectivity index (χ3v) is 5.13. The molecule has 0 spiro atoms. The van der Waals surface area contributed by atoms with Crippen molar-refractivity contribution in [2.75, 3.05) is 0 Å². The molecule has 2 aromatic heterocycles. The molecule has 0 saturated heterocycles. The van der Waals surface area contributed by atoms with Crippen LogP contribution in [0.15, 0.2) is 36.5 Å². The van der Waals surface area contributed by atoms with E-state index in [0.717, 1.165) is 5.56 Å². The zero-order valence-electron chi connectivity index (χ0n) is 15.9. The van der Waals surface area contributed by atoms with E-state index < -0.39 is 35.6 Å². The van der Waals surface area contributed by atoms with Gasteiger partial charge in [0.1, 0.15) is 16.9 Å². The number of H-pyrrole nitrogens is 1. The number of pyridine rings is 1. The van der Waals surface area contributed by atoms with Gasteiger partial charge in [-0.25, -0.2) is 18.2 Å². The molecule has 2 N–H and O–H groups in total. The van der Waals surface area contributed by atoms with Crippen molar-refractivity contribution in [2.24, 2.45) is 0 Å². The Bertz CT molecular complexity index is 999. The number of fused-ring (bicyclic) bond motifs is 1. The average Bonchev–Trinajstić information content (AvgIpc) is 3.00. The molecule has 0 aliphatic carbocycles. The van der Waals surface area contributed by atoms with Crippen LogP contribution < -0.4 is 0 Å². The van der Waals surface area contributed by atoms with Crippen molar-refractivity contribution in [3.05, 3.63) is 65.1 Å². The number of rotatable bonds is 6. The first-order valence-electron chi connectivity index (χ1n) is 8.91. The Morgan fingerprint density at radius 2 is 1.86 bits per heavy atom. The molecule has 7 heteroatoms. The van der Waals surface area contributed by atoms with E-state index in [2.05, 4.69) is 9.97 Å². The number of aromatic nitrogens is 2. The molecule has 1 atom stereocenters. The van der Waals surface area contributed by atoms with Gasteiger partial charge in [-0.05, 0) is 54.2 Å². The number of nitrogens with zero attached hydrogens (tertiary/aromatic N) is 1. The van der Waals surface area contributed by atoms with Crippen LogP contribution >= 0.6 is 0 Å². The van der Waals surface area contributed by atoms with Crippen LogP contribution in [0.3, 0.4) is 0 Å². The lowest BCUT2D eigenvalue weighted by Crippen LogP contribution is -2.45. The second kappa shape index (κ2) is 7.20. The predicted octanol–water partition coefficient (Wildman–Crippen LogP) is 5.06. The van der Waals surface area contributed by atoms with E-state index in [1.165, 1.54) is 24.4 Å². The Morgan fingerprint density at radius 3 is 2.50 bits per heavy atom. The molecule has 3 rings (SSSR count). The van der Waals surface area contributed by atoms with Gasteiger partial charge in [0.2, 0.25) is 5.95 Å². The molecule has 0 bridgehead atoms. The number of benzene rings is 1. The van der Waals surface area contributed by atoms with Gasteiger partial charge in [0.25, 0.3) is 6.43 Å². The van der Waals surface area contributed by atoms with Crippen molar-refractivity contribution in [3.63, 3.8) is 0 Å². The second-order valence-corrected chi connectivity index (χ2v) is 7.96. The summed E-state index contributed by atoms with van der Waals surface area (Å²) >= 11 is 0. The van der Waals surface area contributed by atoms with Crippen LogP contribution in [-0.2, 0) is 11.8 Å². The number of aromatic amines is 1. The van der Waals surface area contributed by atoms with E-state index in [4.69, 9.17) is 0 Å². The molecule has 0 aliphatic rings. The molecule has 150 valence electrons. The summed E-state index contributed by atoms with van der Waals surface area (Å²) in [7, 11) is 0. The van der Waals surface area contributed by atoms with Crippen molar-refractivity contribution >= 4 is 10.9 Å². The van der Waals surface area contributed by atoms with E-state index in [-0.39, 0.29) is 17.6 Å². The van der Waals surface area contributed by atoms with Gasteiger partial charge in [-0.2, -0.15) is 4.39 Å². The summed E-state index contributed by atoms with van der Waals surface area (Å²) in [5.41, 5.74) is -1.62. The highest BCUT2D eigenvalue weighted by Gasteiger charge is 2.44. The predicted molar refractivity (Wildman–Crippen MR) is 99.5 cm³/mol. The lowest BCUT2D eigenvalue weighted by Gasteiger charge is -2.37. The van der Waals surface area contributed by atoms with Gasteiger partial charge in [0.05, 0.1) is 0 Å². The largest absolute Gasteiger partial charge is 0.383 e.